The van der Waals surface area contributed by atoms with E-state index in [1.165, 1.54) is 65.9 Å². The molecule has 0 aliphatic carbocycles. The Morgan fingerprint density at radius 1 is 0.367 bits per heavy atom. The van der Waals surface area contributed by atoms with Crippen LogP contribution in [0.5, 0.6) is 0 Å². The Labute approximate surface area is 356 Å². The number of benzene rings is 6. The standard InChI is InChI=1S/C56H58N4/c1-53(2,3)37-18-22-48-43(30-37)44-31-38(54(4,5)6)19-23-49(44)59(48)41-28-36(47-26-27-57-52(58-47)35-16-14-13-15-17-35)29-42(34-41)60-50-24-20-39(55(7,8)9)32-45(50)46-33-40(56(10,11)12)21-25-51(46)60/h13-34H,1-12H3. The summed E-state index contributed by atoms with van der Waals surface area (Å²) in [7, 11) is 0. The average molecular weight is 787 g/mol. The van der Waals surface area contributed by atoms with Crippen LogP contribution in [0.1, 0.15) is 105 Å². The highest BCUT2D eigenvalue weighted by molar-refractivity contribution is 6.11. The summed E-state index contributed by atoms with van der Waals surface area (Å²) >= 11 is 0. The molecule has 4 heteroatoms. The third kappa shape index (κ3) is 6.90. The highest BCUT2D eigenvalue weighted by Crippen LogP contribution is 2.42. The van der Waals surface area contributed by atoms with Crippen molar-refractivity contribution >= 4 is 43.6 Å². The molecule has 60 heavy (non-hydrogen) atoms. The molecule has 3 aromatic heterocycles. The van der Waals surface area contributed by atoms with E-state index in [9.17, 15) is 0 Å². The lowest BCUT2D eigenvalue weighted by Crippen LogP contribution is -2.10. The number of hydrogen-bond acceptors (Lipinski definition) is 2. The van der Waals surface area contributed by atoms with Gasteiger partial charge >= 0.3 is 0 Å². The zero-order valence-electron chi connectivity index (χ0n) is 37.5. The van der Waals surface area contributed by atoms with E-state index in [0.717, 1.165) is 28.2 Å². The van der Waals surface area contributed by atoms with Gasteiger partial charge in [-0.15, -0.1) is 0 Å². The van der Waals surface area contributed by atoms with Crippen LogP contribution >= 0.6 is 0 Å². The van der Waals surface area contributed by atoms with Gasteiger partial charge in [-0.05, 0) is 117 Å². The zero-order valence-corrected chi connectivity index (χ0v) is 37.5. The Hall–Kier alpha value is -6.00. The summed E-state index contributed by atoms with van der Waals surface area (Å²) in [6.07, 6.45) is 1.89. The number of nitrogens with zero attached hydrogens (tertiary/aromatic N) is 4. The topological polar surface area (TPSA) is 35.6 Å². The van der Waals surface area contributed by atoms with Gasteiger partial charge in [0.2, 0.25) is 0 Å². The molecule has 0 aliphatic rings. The van der Waals surface area contributed by atoms with Crippen LogP contribution in [-0.2, 0) is 21.7 Å². The first-order chi connectivity index (χ1) is 28.3. The van der Waals surface area contributed by atoms with Crippen molar-refractivity contribution in [3.8, 4) is 34.0 Å². The fraction of sp³-hybridized carbons (Fsp3) is 0.286. The lowest BCUT2D eigenvalue weighted by molar-refractivity contribution is 0.590. The summed E-state index contributed by atoms with van der Waals surface area (Å²) in [4.78, 5) is 9.97. The highest BCUT2D eigenvalue weighted by Gasteiger charge is 2.24. The molecule has 0 atom stereocenters. The van der Waals surface area contributed by atoms with Crippen molar-refractivity contribution in [2.24, 2.45) is 0 Å². The predicted octanol–water partition coefficient (Wildman–Crippen LogP) is 15.2. The summed E-state index contributed by atoms with van der Waals surface area (Å²) in [5.41, 5.74) is 15.2. The summed E-state index contributed by atoms with van der Waals surface area (Å²) in [6.45, 7) is 27.6. The van der Waals surface area contributed by atoms with Crippen molar-refractivity contribution in [2.45, 2.75) is 105 Å². The van der Waals surface area contributed by atoms with Gasteiger partial charge in [0.25, 0.3) is 0 Å². The largest absolute Gasteiger partial charge is 0.309 e. The normalized spacial score (nSPS) is 13.0. The van der Waals surface area contributed by atoms with Crippen molar-refractivity contribution in [1.82, 2.24) is 19.1 Å². The Bertz CT molecular complexity index is 2800. The minimum Gasteiger partial charge on any atom is -0.309 e. The van der Waals surface area contributed by atoms with Crippen LogP contribution in [0, 0.1) is 0 Å². The molecule has 4 nitrogen and oxygen atoms in total. The molecule has 3 heterocycles. The van der Waals surface area contributed by atoms with Crippen molar-refractivity contribution < 1.29 is 0 Å². The molecule has 0 fully saturated rings. The molecule has 0 bridgehead atoms. The molecule has 302 valence electrons. The van der Waals surface area contributed by atoms with Crippen molar-refractivity contribution in [1.29, 1.82) is 0 Å². The van der Waals surface area contributed by atoms with Crippen LogP contribution in [0.15, 0.2) is 134 Å². The molecule has 0 aliphatic heterocycles. The SMILES string of the molecule is CC(C)(C)c1ccc2c(c1)c1cc(C(C)(C)C)ccc1n2-c1cc(-c2ccnc(-c3ccccc3)n2)cc(-n2c3ccc(C(C)(C)C)cc3c3cc(C(C)(C)C)ccc32)c1. The lowest BCUT2D eigenvalue weighted by Gasteiger charge is -2.20. The monoisotopic (exact) mass is 786 g/mol. The third-order valence-corrected chi connectivity index (χ3v) is 12.4. The van der Waals surface area contributed by atoms with E-state index >= 15 is 0 Å². The Morgan fingerprint density at radius 3 is 1.08 bits per heavy atom. The molecular formula is C56H58N4. The summed E-state index contributed by atoms with van der Waals surface area (Å²) < 4.78 is 4.94. The summed E-state index contributed by atoms with van der Waals surface area (Å²) in [5.74, 6) is 0.711. The van der Waals surface area contributed by atoms with Gasteiger partial charge in [0.15, 0.2) is 5.82 Å². The molecule has 0 radical (unpaired) electrons. The van der Waals surface area contributed by atoms with Crippen LogP contribution in [-0.4, -0.2) is 19.1 Å². The van der Waals surface area contributed by atoms with Gasteiger partial charge < -0.3 is 9.13 Å². The van der Waals surface area contributed by atoms with Crippen LogP contribution in [0.4, 0.5) is 0 Å². The third-order valence-electron chi connectivity index (χ3n) is 12.4. The number of aromatic nitrogens is 4. The highest BCUT2D eigenvalue weighted by atomic mass is 15.0. The maximum atomic E-state index is 5.23. The van der Waals surface area contributed by atoms with Crippen LogP contribution in [0.25, 0.3) is 77.6 Å². The Balaban J connectivity index is 1.39. The molecule has 0 amide bonds. The predicted molar refractivity (Wildman–Crippen MR) is 256 cm³/mol. The minimum atomic E-state index is 0.0110. The van der Waals surface area contributed by atoms with Crippen LogP contribution in [0.2, 0.25) is 0 Å². The number of hydrogen-bond donors (Lipinski definition) is 0. The van der Waals surface area contributed by atoms with Gasteiger partial charge in [0, 0.05) is 50.2 Å². The molecular weight excluding hydrogens is 729 g/mol. The lowest BCUT2D eigenvalue weighted by atomic mass is 9.85. The zero-order chi connectivity index (χ0) is 42.5. The van der Waals surface area contributed by atoms with Gasteiger partial charge in [0.1, 0.15) is 0 Å². The number of fused-ring (bicyclic) bond motifs is 6. The van der Waals surface area contributed by atoms with Gasteiger partial charge in [-0.1, -0.05) is 138 Å². The first kappa shape index (κ1) is 39.5. The average Bonchev–Trinajstić information content (AvgIpc) is 3.71. The van der Waals surface area contributed by atoms with Crippen molar-refractivity contribution in [2.75, 3.05) is 0 Å². The Morgan fingerprint density at radius 2 is 0.733 bits per heavy atom. The van der Waals surface area contributed by atoms with E-state index in [2.05, 4.69) is 195 Å². The summed E-state index contributed by atoms with van der Waals surface area (Å²) in [5, 5.41) is 5.07. The first-order valence-corrected chi connectivity index (χ1v) is 21.5. The molecule has 0 N–H and O–H groups in total. The Kier molecular flexibility index (Phi) is 9.06. The minimum absolute atomic E-state index is 0.0110. The fourth-order valence-electron chi connectivity index (χ4n) is 8.72. The van der Waals surface area contributed by atoms with Gasteiger partial charge in [0.05, 0.1) is 27.8 Å². The summed E-state index contributed by atoms with van der Waals surface area (Å²) in [6, 6.07) is 47.6. The molecule has 9 aromatic rings. The van der Waals surface area contributed by atoms with Gasteiger partial charge in [-0.2, -0.15) is 0 Å². The number of rotatable bonds is 4. The van der Waals surface area contributed by atoms with Crippen LogP contribution < -0.4 is 0 Å². The second kappa shape index (κ2) is 13.8. The van der Waals surface area contributed by atoms with Gasteiger partial charge in [-0.25, -0.2) is 9.97 Å². The van der Waals surface area contributed by atoms with E-state index in [1.54, 1.807) is 0 Å². The molecule has 0 spiro atoms. The van der Waals surface area contributed by atoms with Crippen molar-refractivity contribution in [3.05, 3.63) is 156 Å². The van der Waals surface area contributed by atoms with E-state index < -0.39 is 0 Å². The molecule has 0 unspecified atom stereocenters. The van der Waals surface area contributed by atoms with E-state index in [4.69, 9.17) is 9.97 Å². The second-order valence-electron chi connectivity index (χ2n) is 21.0. The molecule has 9 rings (SSSR count). The second-order valence-corrected chi connectivity index (χ2v) is 21.0. The van der Waals surface area contributed by atoms with E-state index in [0.29, 0.717) is 5.82 Å². The first-order valence-electron chi connectivity index (χ1n) is 21.5. The van der Waals surface area contributed by atoms with E-state index in [1.807, 2.05) is 30.5 Å². The molecule has 6 aromatic carbocycles. The van der Waals surface area contributed by atoms with Gasteiger partial charge in [-0.3, -0.25) is 0 Å². The van der Waals surface area contributed by atoms with E-state index in [-0.39, 0.29) is 21.7 Å². The fourth-order valence-corrected chi connectivity index (χ4v) is 8.72. The van der Waals surface area contributed by atoms with Crippen LogP contribution in [0.3, 0.4) is 0 Å². The molecule has 0 saturated carbocycles. The smallest absolute Gasteiger partial charge is 0.159 e. The molecule has 0 saturated heterocycles. The maximum absolute atomic E-state index is 5.23. The maximum Gasteiger partial charge on any atom is 0.159 e. The quantitative estimate of drug-likeness (QED) is 0.178. The van der Waals surface area contributed by atoms with Crippen molar-refractivity contribution in [3.63, 3.8) is 0 Å².